The summed E-state index contributed by atoms with van der Waals surface area (Å²) in [6, 6.07) is 8.79. The highest BCUT2D eigenvalue weighted by Crippen LogP contribution is 2.20. The molecule has 0 aliphatic carbocycles. The molecular weight excluding hydrogens is 236 g/mol. The summed E-state index contributed by atoms with van der Waals surface area (Å²) in [7, 11) is 0. The molecule has 1 radical (unpaired) electrons. The molecule has 0 aliphatic heterocycles. The summed E-state index contributed by atoms with van der Waals surface area (Å²) in [4.78, 5) is 0. The van der Waals surface area contributed by atoms with Crippen molar-refractivity contribution < 1.29 is 0 Å². The summed E-state index contributed by atoms with van der Waals surface area (Å²) in [5.74, 6) is 0. The van der Waals surface area contributed by atoms with Crippen molar-refractivity contribution in [1.82, 2.24) is 9.59 Å². The number of aromatic nitrogens is 2. The molecule has 1 aromatic heterocycles. The average Bonchev–Trinajstić information content (AvgIpc) is 2.56. The zero-order chi connectivity index (χ0) is 8.39. The minimum atomic E-state index is 0.912. The number of hydrogen-bond acceptors (Lipinski definition) is 3. The van der Waals surface area contributed by atoms with Crippen molar-refractivity contribution in [3.8, 4) is 11.3 Å². The predicted molar refractivity (Wildman–Crippen MR) is 51.9 cm³/mol. The standard InChI is InChI=1S/C8H4BrN2S/c9-7-3-1-2-6(4-7)8-5-12-11-10-8/h1-2,4-5H. The Morgan fingerprint density at radius 2 is 2.42 bits per heavy atom. The Morgan fingerprint density at radius 1 is 1.50 bits per heavy atom. The molecule has 0 spiro atoms. The summed E-state index contributed by atoms with van der Waals surface area (Å²) in [5.41, 5.74) is 1.98. The Hall–Kier alpha value is -0.740. The van der Waals surface area contributed by atoms with Gasteiger partial charge in [-0.15, -0.1) is 5.10 Å². The van der Waals surface area contributed by atoms with Crippen LogP contribution in [0.4, 0.5) is 0 Å². The number of hydrogen-bond donors (Lipinski definition) is 0. The van der Waals surface area contributed by atoms with E-state index in [0.717, 1.165) is 15.7 Å². The number of benzene rings is 1. The first-order chi connectivity index (χ1) is 5.86. The van der Waals surface area contributed by atoms with E-state index < -0.39 is 0 Å². The van der Waals surface area contributed by atoms with Crippen LogP contribution in [-0.2, 0) is 0 Å². The van der Waals surface area contributed by atoms with Crippen LogP contribution >= 0.6 is 27.5 Å². The van der Waals surface area contributed by atoms with Crippen molar-refractivity contribution in [2.75, 3.05) is 0 Å². The van der Waals surface area contributed by atoms with Gasteiger partial charge in [-0.2, -0.15) is 0 Å². The van der Waals surface area contributed by atoms with Crippen LogP contribution in [0.5, 0.6) is 0 Å². The van der Waals surface area contributed by atoms with Crippen LogP contribution in [0.2, 0.25) is 0 Å². The van der Waals surface area contributed by atoms with Crippen LogP contribution in [0.25, 0.3) is 11.3 Å². The molecule has 0 saturated heterocycles. The van der Waals surface area contributed by atoms with Gasteiger partial charge >= 0.3 is 0 Å². The first-order valence-electron chi connectivity index (χ1n) is 3.31. The molecule has 0 fully saturated rings. The lowest BCUT2D eigenvalue weighted by Crippen LogP contribution is -1.77. The van der Waals surface area contributed by atoms with E-state index in [9.17, 15) is 0 Å². The minimum absolute atomic E-state index is 0.912. The van der Waals surface area contributed by atoms with E-state index in [-0.39, 0.29) is 0 Å². The van der Waals surface area contributed by atoms with Gasteiger partial charge in [0.2, 0.25) is 0 Å². The van der Waals surface area contributed by atoms with E-state index in [1.165, 1.54) is 11.5 Å². The number of halogens is 1. The Bertz CT molecular complexity index is 372. The quantitative estimate of drug-likeness (QED) is 0.765. The molecule has 1 aromatic carbocycles. The van der Waals surface area contributed by atoms with Crippen molar-refractivity contribution in [3.63, 3.8) is 0 Å². The predicted octanol–water partition coefficient (Wildman–Crippen LogP) is 2.77. The third-order valence-electron chi connectivity index (χ3n) is 1.42. The lowest BCUT2D eigenvalue weighted by atomic mass is 10.2. The lowest BCUT2D eigenvalue weighted by Gasteiger charge is -1.94. The van der Waals surface area contributed by atoms with E-state index in [0.29, 0.717) is 0 Å². The molecule has 0 atom stereocenters. The summed E-state index contributed by atoms with van der Waals surface area (Å²) >= 11 is 4.70. The van der Waals surface area contributed by atoms with Crippen molar-refractivity contribution in [1.29, 1.82) is 0 Å². The molecule has 0 aliphatic rings. The zero-order valence-corrected chi connectivity index (χ0v) is 8.39. The van der Waals surface area contributed by atoms with Crippen molar-refractivity contribution in [3.05, 3.63) is 34.1 Å². The third kappa shape index (κ3) is 1.54. The Balaban J connectivity index is 2.48. The first kappa shape index (κ1) is 7.89. The maximum Gasteiger partial charge on any atom is 0.105 e. The molecule has 0 amide bonds. The second-order valence-electron chi connectivity index (χ2n) is 2.22. The van der Waals surface area contributed by atoms with Gasteiger partial charge in [-0.3, -0.25) is 0 Å². The van der Waals surface area contributed by atoms with Crippen LogP contribution in [-0.4, -0.2) is 9.59 Å². The highest BCUT2D eigenvalue weighted by Gasteiger charge is 1.99. The normalized spacial score (nSPS) is 10.1. The van der Waals surface area contributed by atoms with Gasteiger partial charge in [-0.05, 0) is 23.7 Å². The van der Waals surface area contributed by atoms with Crippen LogP contribution in [0.3, 0.4) is 0 Å². The van der Waals surface area contributed by atoms with E-state index in [1.807, 2.05) is 23.6 Å². The molecule has 1 heterocycles. The molecule has 0 unspecified atom stereocenters. The van der Waals surface area contributed by atoms with Crippen LogP contribution in [0.15, 0.2) is 28.1 Å². The van der Waals surface area contributed by atoms with Crippen molar-refractivity contribution >= 4 is 27.5 Å². The first-order valence-corrected chi connectivity index (χ1v) is 4.94. The molecule has 0 bridgehead atoms. The second kappa shape index (κ2) is 3.33. The fraction of sp³-hybridized carbons (Fsp3) is 0. The maximum absolute atomic E-state index is 3.96. The fourth-order valence-corrected chi connectivity index (χ4v) is 1.73. The van der Waals surface area contributed by atoms with Gasteiger partial charge in [-0.25, -0.2) is 0 Å². The molecular formula is C8H4BrN2S. The Morgan fingerprint density at radius 3 is 3.08 bits per heavy atom. The van der Waals surface area contributed by atoms with Crippen LogP contribution in [0.1, 0.15) is 0 Å². The lowest BCUT2D eigenvalue weighted by molar-refractivity contribution is 1.16. The Labute approximate surface area is 82.5 Å². The zero-order valence-electron chi connectivity index (χ0n) is 5.99. The third-order valence-corrected chi connectivity index (χ3v) is 2.38. The van der Waals surface area contributed by atoms with Crippen molar-refractivity contribution in [2.45, 2.75) is 0 Å². The maximum atomic E-state index is 3.96. The number of nitrogens with zero attached hydrogens (tertiary/aromatic N) is 2. The fourth-order valence-electron chi connectivity index (χ4n) is 0.887. The largest absolute Gasteiger partial charge is 0.138 e. The highest BCUT2D eigenvalue weighted by atomic mass is 79.9. The monoisotopic (exact) mass is 239 g/mol. The molecule has 2 rings (SSSR count). The van der Waals surface area contributed by atoms with E-state index >= 15 is 0 Å². The topological polar surface area (TPSA) is 25.8 Å². The van der Waals surface area contributed by atoms with Gasteiger partial charge in [-0.1, -0.05) is 32.6 Å². The van der Waals surface area contributed by atoms with Gasteiger partial charge in [0.15, 0.2) is 0 Å². The van der Waals surface area contributed by atoms with Gasteiger partial charge in [0.1, 0.15) is 5.69 Å². The SMILES string of the molecule is Brc1[c]ccc(-c2csnn2)c1. The summed E-state index contributed by atoms with van der Waals surface area (Å²) in [6.07, 6.45) is 0. The molecule has 2 aromatic rings. The smallest absolute Gasteiger partial charge is 0.105 e. The molecule has 4 heteroatoms. The Kier molecular flexibility index (Phi) is 2.19. The second-order valence-corrected chi connectivity index (χ2v) is 3.68. The van der Waals surface area contributed by atoms with Crippen LogP contribution < -0.4 is 0 Å². The van der Waals surface area contributed by atoms with E-state index in [1.54, 1.807) is 0 Å². The minimum Gasteiger partial charge on any atom is -0.138 e. The van der Waals surface area contributed by atoms with E-state index in [4.69, 9.17) is 0 Å². The number of rotatable bonds is 1. The summed E-state index contributed by atoms with van der Waals surface area (Å²) < 4.78 is 4.73. The molecule has 0 saturated carbocycles. The molecule has 59 valence electrons. The van der Waals surface area contributed by atoms with Crippen LogP contribution in [0, 0.1) is 6.07 Å². The van der Waals surface area contributed by atoms with Gasteiger partial charge < -0.3 is 0 Å². The molecule has 2 nitrogen and oxygen atoms in total. The highest BCUT2D eigenvalue weighted by molar-refractivity contribution is 9.10. The average molecular weight is 240 g/mol. The summed E-state index contributed by atoms with van der Waals surface area (Å²) in [5, 5.41) is 5.88. The molecule has 12 heavy (non-hydrogen) atoms. The van der Waals surface area contributed by atoms with Gasteiger partial charge in [0, 0.05) is 15.4 Å². The van der Waals surface area contributed by atoms with Gasteiger partial charge in [0.25, 0.3) is 0 Å². The molecule has 0 N–H and O–H groups in total. The summed E-state index contributed by atoms with van der Waals surface area (Å²) in [6.45, 7) is 0. The van der Waals surface area contributed by atoms with Gasteiger partial charge in [0.05, 0.1) is 0 Å². The van der Waals surface area contributed by atoms with E-state index in [2.05, 4.69) is 31.6 Å². The van der Waals surface area contributed by atoms with Crippen molar-refractivity contribution in [2.24, 2.45) is 0 Å².